The first-order valence-electron chi connectivity index (χ1n) is 9.36. The van der Waals surface area contributed by atoms with Gasteiger partial charge >= 0.3 is 0 Å². The van der Waals surface area contributed by atoms with Crippen molar-refractivity contribution in [3.8, 4) is 11.3 Å². The van der Waals surface area contributed by atoms with Gasteiger partial charge in [0, 0.05) is 28.2 Å². The summed E-state index contributed by atoms with van der Waals surface area (Å²) < 4.78 is 0. The van der Waals surface area contributed by atoms with Crippen LogP contribution in [-0.4, -0.2) is 16.6 Å². The molecular formula is C24H27Cl2N3. The molecule has 0 aliphatic carbocycles. The number of hydrogen-bond donors (Lipinski definition) is 2. The molecule has 0 bridgehead atoms. The Kier molecular flexibility index (Phi) is 7.12. The molecule has 3 aromatic carbocycles. The number of pyridine rings is 1. The standard InChI is InChI=1S/C24H25N3.2ClH/c1-16(24(2,3)25)26-23-15-22(27-21-11-7-6-10-20(21)23)19-13-12-17-8-4-5-9-18(17)14-19;;/h4-16H,25H2,1-3H3,(H,26,27);2*1H. The highest BCUT2D eigenvalue weighted by molar-refractivity contribution is 5.95. The van der Waals surface area contributed by atoms with E-state index >= 15 is 0 Å². The number of para-hydroxylation sites is 1. The van der Waals surface area contributed by atoms with E-state index in [1.807, 2.05) is 26.0 Å². The monoisotopic (exact) mass is 427 g/mol. The molecule has 0 spiro atoms. The average Bonchev–Trinajstić information content (AvgIpc) is 2.66. The third-order valence-electron chi connectivity index (χ3n) is 5.25. The Bertz CT molecular complexity index is 1120. The lowest BCUT2D eigenvalue weighted by Crippen LogP contribution is -2.47. The summed E-state index contributed by atoms with van der Waals surface area (Å²) in [5, 5.41) is 7.17. The highest BCUT2D eigenvalue weighted by Gasteiger charge is 2.21. The molecule has 1 atom stereocenters. The quantitative estimate of drug-likeness (QED) is 0.394. The van der Waals surface area contributed by atoms with E-state index in [2.05, 4.69) is 72.9 Å². The predicted octanol–water partition coefficient (Wildman–Crippen LogP) is 6.44. The molecule has 0 fully saturated rings. The van der Waals surface area contributed by atoms with Gasteiger partial charge in [0.25, 0.3) is 0 Å². The van der Waals surface area contributed by atoms with E-state index in [4.69, 9.17) is 10.7 Å². The normalized spacial score (nSPS) is 12.1. The van der Waals surface area contributed by atoms with Crippen molar-refractivity contribution in [2.24, 2.45) is 5.73 Å². The zero-order valence-corrected chi connectivity index (χ0v) is 18.5. The highest BCUT2D eigenvalue weighted by Crippen LogP contribution is 2.31. The van der Waals surface area contributed by atoms with E-state index in [9.17, 15) is 0 Å². The number of aromatic nitrogens is 1. The minimum atomic E-state index is -0.326. The van der Waals surface area contributed by atoms with Crippen LogP contribution in [0.5, 0.6) is 0 Å². The number of nitrogens with two attached hydrogens (primary N) is 1. The number of hydrogen-bond acceptors (Lipinski definition) is 3. The van der Waals surface area contributed by atoms with E-state index < -0.39 is 0 Å². The molecule has 4 aromatic rings. The van der Waals surface area contributed by atoms with E-state index in [0.717, 1.165) is 27.8 Å². The fourth-order valence-electron chi connectivity index (χ4n) is 3.21. The van der Waals surface area contributed by atoms with Crippen molar-refractivity contribution < 1.29 is 0 Å². The number of rotatable bonds is 4. The molecule has 0 aliphatic rings. The van der Waals surface area contributed by atoms with Crippen molar-refractivity contribution in [3.63, 3.8) is 0 Å². The molecule has 1 aromatic heterocycles. The van der Waals surface area contributed by atoms with Gasteiger partial charge in [0.05, 0.1) is 11.2 Å². The molecule has 0 radical (unpaired) electrons. The summed E-state index contributed by atoms with van der Waals surface area (Å²) in [4.78, 5) is 4.91. The predicted molar refractivity (Wildman–Crippen MR) is 131 cm³/mol. The zero-order valence-electron chi connectivity index (χ0n) is 16.8. The topological polar surface area (TPSA) is 50.9 Å². The van der Waals surface area contributed by atoms with Gasteiger partial charge in [-0.1, -0.05) is 54.6 Å². The minimum Gasteiger partial charge on any atom is -0.380 e. The fraction of sp³-hybridized carbons (Fsp3) is 0.208. The molecule has 3 N–H and O–H groups in total. The summed E-state index contributed by atoms with van der Waals surface area (Å²) in [5.41, 5.74) is 10.1. The van der Waals surface area contributed by atoms with Crippen molar-refractivity contribution in [1.29, 1.82) is 0 Å². The molecule has 152 valence electrons. The van der Waals surface area contributed by atoms with Crippen LogP contribution >= 0.6 is 24.8 Å². The number of nitrogens with zero attached hydrogens (tertiary/aromatic N) is 1. The lowest BCUT2D eigenvalue weighted by molar-refractivity contribution is 0.456. The molecule has 5 heteroatoms. The Balaban J connectivity index is 0.00000150. The molecular weight excluding hydrogens is 401 g/mol. The zero-order chi connectivity index (χ0) is 19.0. The molecule has 29 heavy (non-hydrogen) atoms. The summed E-state index contributed by atoms with van der Waals surface area (Å²) in [6.07, 6.45) is 0. The maximum absolute atomic E-state index is 6.30. The second-order valence-electron chi connectivity index (χ2n) is 7.82. The van der Waals surface area contributed by atoms with Crippen molar-refractivity contribution in [2.75, 3.05) is 5.32 Å². The smallest absolute Gasteiger partial charge is 0.0730 e. The van der Waals surface area contributed by atoms with Crippen LogP contribution in [0.3, 0.4) is 0 Å². The van der Waals surface area contributed by atoms with Crippen LogP contribution < -0.4 is 11.1 Å². The Morgan fingerprint density at radius 3 is 2.24 bits per heavy atom. The van der Waals surface area contributed by atoms with Gasteiger partial charge in [0.2, 0.25) is 0 Å². The summed E-state index contributed by atoms with van der Waals surface area (Å²) >= 11 is 0. The van der Waals surface area contributed by atoms with Gasteiger partial charge in [-0.25, -0.2) is 4.98 Å². The largest absolute Gasteiger partial charge is 0.380 e. The Hall–Kier alpha value is -2.33. The van der Waals surface area contributed by atoms with Crippen LogP contribution in [0, 0.1) is 0 Å². The second kappa shape index (κ2) is 9.00. The molecule has 1 unspecified atom stereocenters. The maximum Gasteiger partial charge on any atom is 0.0730 e. The van der Waals surface area contributed by atoms with E-state index in [-0.39, 0.29) is 36.4 Å². The van der Waals surface area contributed by atoms with E-state index in [1.54, 1.807) is 0 Å². The lowest BCUT2D eigenvalue weighted by atomic mass is 9.96. The lowest BCUT2D eigenvalue weighted by Gasteiger charge is -2.29. The van der Waals surface area contributed by atoms with Crippen molar-refractivity contribution >= 4 is 52.2 Å². The van der Waals surface area contributed by atoms with Crippen molar-refractivity contribution in [1.82, 2.24) is 4.98 Å². The first kappa shape index (κ1) is 23.0. The van der Waals surface area contributed by atoms with Crippen LogP contribution in [0.15, 0.2) is 72.8 Å². The molecule has 4 rings (SSSR count). The van der Waals surface area contributed by atoms with Crippen LogP contribution in [0.2, 0.25) is 0 Å². The third kappa shape index (κ3) is 4.81. The van der Waals surface area contributed by atoms with E-state index in [1.165, 1.54) is 10.8 Å². The van der Waals surface area contributed by atoms with Gasteiger partial charge in [0.15, 0.2) is 0 Å². The number of benzene rings is 3. The second-order valence-corrected chi connectivity index (χ2v) is 7.82. The van der Waals surface area contributed by atoms with Crippen molar-refractivity contribution in [2.45, 2.75) is 32.4 Å². The van der Waals surface area contributed by atoms with Gasteiger partial charge in [-0.3, -0.25) is 0 Å². The molecule has 1 heterocycles. The number of nitrogens with one attached hydrogen (secondary N) is 1. The molecule has 0 saturated heterocycles. The summed E-state index contributed by atoms with van der Waals surface area (Å²) in [5.74, 6) is 0. The van der Waals surface area contributed by atoms with Crippen LogP contribution in [0.25, 0.3) is 32.9 Å². The van der Waals surface area contributed by atoms with Crippen LogP contribution in [0.4, 0.5) is 5.69 Å². The molecule has 3 nitrogen and oxygen atoms in total. The number of fused-ring (bicyclic) bond motifs is 2. The van der Waals surface area contributed by atoms with Crippen molar-refractivity contribution in [3.05, 3.63) is 72.8 Å². The Labute approximate surface area is 184 Å². The summed E-state index contributed by atoms with van der Waals surface area (Å²) in [6, 6.07) is 25.4. The highest BCUT2D eigenvalue weighted by atomic mass is 35.5. The Morgan fingerprint density at radius 1 is 0.862 bits per heavy atom. The average molecular weight is 428 g/mol. The number of anilines is 1. The summed E-state index contributed by atoms with van der Waals surface area (Å²) in [7, 11) is 0. The maximum atomic E-state index is 6.30. The molecule has 0 saturated carbocycles. The molecule has 0 aliphatic heterocycles. The summed E-state index contributed by atoms with van der Waals surface area (Å²) in [6.45, 7) is 6.20. The van der Waals surface area contributed by atoms with Crippen LogP contribution in [0.1, 0.15) is 20.8 Å². The number of halogens is 2. The fourth-order valence-corrected chi connectivity index (χ4v) is 3.21. The van der Waals surface area contributed by atoms with Gasteiger partial charge in [0.1, 0.15) is 0 Å². The molecule has 0 amide bonds. The van der Waals surface area contributed by atoms with Gasteiger partial charge < -0.3 is 11.1 Å². The van der Waals surface area contributed by atoms with Gasteiger partial charge in [-0.15, -0.1) is 24.8 Å². The minimum absolute atomic E-state index is 0. The van der Waals surface area contributed by atoms with Gasteiger partial charge in [-0.2, -0.15) is 0 Å². The first-order valence-corrected chi connectivity index (χ1v) is 9.36. The van der Waals surface area contributed by atoms with E-state index in [0.29, 0.717) is 0 Å². The Morgan fingerprint density at radius 2 is 1.52 bits per heavy atom. The third-order valence-corrected chi connectivity index (χ3v) is 5.25. The van der Waals surface area contributed by atoms with Gasteiger partial charge in [-0.05, 0) is 49.7 Å². The van der Waals surface area contributed by atoms with Crippen LogP contribution in [-0.2, 0) is 0 Å². The first-order chi connectivity index (χ1) is 12.9. The SMILES string of the molecule is CC(Nc1cc(-c2ccc3ccccc3c2)nc2ccccc12)C(C)(C)N.Cl.Cl.